The molecular formula is C43H58O6. The van der Waals surface area contributed by atoms with Gasteiger partial charge in [-0.25, -0.2) is 0 Å². The number of ketones is 3. The number of phenolic OH excluding ortho intramolecular Hbond substituents is 2. The highest BCUT2D eigenvalue weighted by Gasteiger charge is 2.74. The average Bonchev–Trinajstić information content (AvgIpc) is 3.00. The smallest absolute Gasteiger partial charge is 0.184 e. The Bertz CT molecular complexity index is 1640. The van der Waals surface area contributed by atoms with Gasteiger partial charge in [-0.1, -0.05) is 59.6 Å². The molecule has 49 heavy (non-hydrogen) atoms. The minimum absolute atomic E-state index is 0.0120. The summed E-state index contributed by atoms with van der Waals surface area (Å²) in [4.78, 5) is 46.2. The SMILES string of the molecule is C=C(C)CCC(CC12CC(CC=C(C)C)C(C)(CCC=C(C)C)C(CC=C(C)C)(C(=O)/C(=C(\O)c3ccc(O)c(O)c3)C1=O)C2=O)C(=C)C. The van der Waals surface area contributed by atoms with E-state index in [0.29, 0.717) is 32.1 Å². The van der Waals surface area contributed by atoms with Crippen molar-refractivity contribution in [1.82, 2.24) is 0 Å². The fourth-order valence-corrected chi connectivity index (χ4v) is 8.11. The first kappa shape index (κ1) is 39.5. The van der Waals surface area contributed by atoms with Gasteiger partial charge in [-0.2, -0.15) is 0 Å². The van der Waals surface area contributed by atoms with Gasteiger partial charge >= 0.3 is 0 Å². The van der Waals surface area contributed by atoms with Crippen LogP contribution in [0.4, 0.5) is 0 Å². The number of aliphatic hydroxyl groups excluding tert-OH is 1. The van der Waals surface area contributed by atoms with E-state index in [2.05, 4.69) is 25.3 Å². The van der Waals surface area contributed by atoms with E-state index in [4.69, 9.17) is 0 Å². The summed E-state index contributed by atoms with van der Waals surface area (Å²) in [6.07, 6.45) is 9.83. The summed E-state index contributed by atoms with van der Waals surface area (Å²) in [5.74, 6) is -3.59. The second-order valence-corrected chi connectivity index (χ2v) is 15.8. The Morgan fingerprint density at radius 2 is 1.51 bits per heavy atom. The van der Waals surface area contributed by atoms with Crippen LogP contribution in [0.1, 0.15) is 119 Å². The van der Waals surface area contributed by atoms with Gasteiger partial charge in [0.2, 0.25) is 0 Å². The summed E-state index contributed by atoms with van der Waals surface area (Å²) < 4.78 is 0. The van der Waals surface area contributed by atoms with E-state index in [1.165, 1.54) is 12.1 Å². The molecule has 0 aromatic heterocycles. The number of aromatic hydroxyl groups is 2. The van der Waals surface area contributed by atoms with Gasteiger partial charge in [-0.15, -0.1) is 6.58 Å². The summed E-state index contributed by atoms with van der Waals surface area (Å²) in [5, 5.41) is 32.2. The van der Waals surface area contributed by atoms with E-state index >= 15 is 14.4 Å². The summed E-state index contributed by atoms with van der Waals surface area (Å²) in [5.41, 5.74) is 0.507. The van der Waals surface area contributed by atoms with E-state index in [-0.39, 0.29) is 42.4 Å². The van der Waals surface area contributed by atoms with Crippen molar-refractivity contribution in [3.63, 3.8) is 0 Å². The largest absolute Gasteiger partial charge is 0.506 e. The third-order valence-electron chi connectivity index (χ3n) is 11.1. The molecule has 2 saturated carbocycles. The molecule has 0 spiro atoms. The number of phenols is 2. The van der Waals surface area contributed by atoms with E-state index in [1.807, 2.05) is 68.4 Å². The molecule has 2 aliphatic rings. The Morgan fingerprint density at radius 3 is 2.04 bits per heavy atom. The minimum Gasteiger partial charge on any atom is -0.506 e. The number of carbonyl (C=O) groups excluding carboxylic acids is 3. The molecule has 1 aromatic rings. The van der Waals surface area contributed by atoms with E-state index in [1.54, 1.807) is 0 Å². The Hall–Kier alpha value is -3.93. The van der Waals surface area contributed by atoms with Gasteiger partial charge in [0, 0.05) is 5.56 Å². The van der Waals surface area contributed by atoms with Crippen LogP contribution in [0.2, 0.25) is 0 Å². The van der Waals surface area contributed by atoms with Crippen molar-refractivity contribution in [3.8, 4) is 11.5 Å². The van der Waals surface area contributed by atoms with Gasteiger partial charge < -0.3 is 15.3 Å². The van der Waals surface area contributed by atoms with Crippen molar-refractivity contribution in [2.75, 3.05) is 0 Å². The fraction of sp³-hybridized carbons (Fsp3) is 0.512. The highest BCUT2D eigenvalue weighted by Crippen LogP contribution is 2.67. The standard InChI is InChI=1S/C43H58O6/c1-26(2)13-12-21-41(11)33(18-15-28(5)6)25-42(24-32(30(9)10)16-14-27(3)4)38(47)36(37(46)31-17-19-34(44)35(45)23-31)39(48)43(41,40(42)49)22-20-29(7)8/h13,15,17,19-20,23,32-33,44-46H,3,9,12,14,16,18,21-22,24-25H2,1-2,4-8,10-11H3/b37-36-. The second-order valence-electron chi connectivity index (χ2n) is 15.8. The van der Waals surface area contributed by atoms with Crippen LogP contribution in [0.15, 0.2) is 83.0 Å². The normalized spacial score (nSPS) is 26.5. The lowest BCUT2D eigenvalue weighted by molar-refractivity contribution is -0.180. The number of hydrogen-bond donors (Lipinski definition) is 3. The fourth-order valence-electron chi connectivity index (χ4n) is 8.11. The molecular weight excluding hydrogens is 612 g/mol. The molecule has 5 atom stereocenters. The number of rotatable bonds is 14. The Kier molecular flexibility index (Phi) is 12.3. The van der Waals surface area contributed by atoms with E-state index in [9.17, 15) is 15.3 Å². The number of benzene rings is 1. The lowest BCUT2D eigenvalue weighted by Crippen LogP contribution is -2.70. The van der Waals surface area contributed by atoms with Gasteiger partial charge in [-0.3, -0.25) is 14.4 Å². The van der Waals surface area contributed by atoms with Crippen molar-refractivity contribution in [2.45, 2.75) is 114 Å². The maximum Gasteiger partial charge on any atom is 0.184 e. The van der Waals surface area contributed by atoms with Crippen LogP contribution in [-0.4, -0.2) is 32.7 Å². The first-order valence-corrected chi connectivity index (χ1v) is 17.5. The molecule has 3 N–H and O–H groups in total. The molecule has 0 saturated heterocycles. The first-order valence-electron chi connectivity index (χ1n) is 17.5. The van der Waals surface area contributed by atoms with Crippen LogP contribution < -0.4 is 0 Å². The van der Waals surface area contributed by atoms with Crippen molar-refractivity contribution in [3.05, 3.63) is 88.6 Å². The zero-order valence-corrected chi connectivity index (χ0v) is 31.3. The zero-order valence-electron chi connectivity index (χ0n) is 31.3. The average molecular weight is 671 g/mol. The minimum atomic E-state index is -1.65. The van der Waals surface area contributed by atoms with Crippen LogP contribution in [0.25, 0.3) is 5.76 Å². The molecule has 0 amide bonds. The van der Waals surface area contributed by atoms with Gasteiger partial charge in [-0.05, 0) is 142 Å². The zero-order chi connectivity index (χ0) is 37.1. The van der Waals surface area contributed by atoms with Crippen molar-refractivity contribution in [2.24, 2.45) is 28.1 Å². The molecule has 5 unspecified atom stereocenters. The molecule has 266 valence electrons. The maximum atomic E-state index is 15.7. The quantitative estimate of drug-likeness (QED) is 0.0453. The Labute approximate surface area is 294 Å². The van der Waals surface area contributed by atoms with Crippen LogP contribution in [0, 0.1) is 28.1 Å². The second kappa shape index (κ2) is 15.3. The van der Waals surface area contributed by atoms with Crippen LogP contribution in [0.5, 0.6) is 11.5 Å². The van der Waals surface area contributed by atoms with Gasteiger partial charge in [0.15, 0.2) is 28.8 Å². The molecule has 0 heterocycles. The predicted molar refractivity (Wildman–Crippen MR) is 199 cm³/mol. The summed E-state index contributed by atoms with van der Waals surface area (Å²) >= 11 is 0. The molecule has 0 aliphatic heterocycles. The van der Waals surface area contributed by atoms with Crippen LogP contribution in [0.3, 0.4) is 0 Å². The molecule has 3 rings (SSSR count). The molecule has 1 aromatic carbocycles. The predicted octanol–water partition coefficient (Wildman–Crippen LogP) is 10.5. The first-order chi connectivity index (χ1) is 22.7. The third-order valence-corrected chi connectivity index (χ3v) is 11.1. The lowest BCUT2D eigenvalue weighted by Gasteiger charge is -2.62. The molecule has 0 radical (unpaired) electrons. The number of allylic oxidation sites excluding steroid dienone is 9. The highest BCUT2D eigenvalue weighted by atomic mass is 16.3. The van der Waals surface area contributed by atoms with E-state index < -0.39 is 50.6 Å². The summed E-state index contributed by atoms with van der Waals surface area (Å²) in [6.45, 7) is 26.2. The number of aliphatic hydroxyl groups is 1. The lowest BCUT2D eigenvalue weighted by atomic mass is 9.37. The maximum absolute atomic E-state index is 15.7. The summed E-state index contributed by atoms with van der Waals surface area (Å²) in [6, 6.07) is 3.69. The number of carbonyl (C=O) groups is 3. The molecule has 2 bridgehead atoms. The number of fused-ring (bicyclic) bond motifs is 2. The van der Waals surface area contributed by atoms with Gasteiger partial charge in [0.05, 0.1) is 5.41 Å². The van der Waals surface area contributed by atoms with Crippen molar-refractivity contribution in [1.29, 1.82) is 0 Å². The number of hydrogen-bond acceptors (Lipinski definition) is 6. The Balaban J connectivity index is 2.54. The molecule has 6 heteroatoms. The highest BCUT2D eigenvalue weighted by molar-refractivity contribution is 6.41. The van der Waals surface area contributed by atoms with Crippen LogP contribution >= 0.6 is 0 Å². The van der Waals surface area contributed by atoms with Crippen LogP contribution in [-0.2, 0) is 14.4 Å². The molecule has 2 aliphatic carbocycles. The Morgan fingerprint density at radius 1 is 0.898 bits per heavy atom. The number of Topliss-reactive ketones (excluding diaryl/α,β-unsaturated/α-hetero) is 3. The van der Waals surface area contributed by atoms with Crippen molar-refractivity contribution < 1.29 is 29.7 Å². The van der Waals surface area contributed by atoms with Crippen molar-refractivity contribution >= 4 is 23.1 Å². The molecule has 2 fully saturated rings. The van der Waals surface area contributed by atoms with E-state index in [0.717, 1.165) is 33.9 Å². The monoisotopic (exact) mass is 670 g/mol. The van der Waals surface area contributed by atoms with Gasteiger partial charge in [0.25, 0.3) is 0 Å². The topological polar surface area (TPSA) is 112 Å². The summed E-state index contributed by atoms with van der Waals surface area (Å²) in [7, 11) is 0. The van der Waals surface area contributed by atoms with Gasteiger partial charge in [0.1, 0.15) is 16.7 Å². The third kappa shape index (κ3) is 7.64. The molecule has 6 nitrogen and oxygen atoms in total.